The molecule has 1 saturated carbocycles. The smallest absolute Gasteiger partial charge is 0.338 e. The zero-order valence-electron chi connectivity index (χ0n) is 10.8. The zero-order chi connectivity index (χ0) is 13.8. The summed E-state index contributed by atoms with van der Waals surface area (Å²) in [4.78, 5) is 22.8. The van der Waals surface area contributed by atoms with Gasteiger partial charge < -0.3 is 10.4 Å². The Labute approximate surface area is 116 Å². The minimum Gasteiger partial charge on any atom is -0.478 e. The highest BCUT2D eigenvalue weighted by molar-refractivity contribution is 7.14. The topological polar surface area (TPSA) is 78.4 Å². The van der Waals surface area contributed by atoms with Crippen LogP contribution in [-0.2, 0) is 0 Å². The molecule has 1 heterocycles. The van der Waals surface area contributed by atoms with Crippen molar-refractivity contribution in [3.63, 3.8) is 0 Å². The lowest BCUT2D eigenvalue weighted by Crippen LogP contribution is -2.40. The summed E-state index contributed by atoms with van der Waals surface area (Å²) >= 11 is 1.22. The normalized spacial score (nSPS) is 22.8. The summed E-state index contributed by atoms with van der Waals surface area (Å²) in [6.07, 6.45) is 4.24. The first kappa shape index (κ1) is 13.9. The standard InChI is InChI=1S/C13H18N2O3S/c1-8-2-4-9(5-3-8)14-13(18)15-11-10(12(16)17)6-7-19-11/h6-9H,2-5H2,1H3,(H,16,17)(H2,14,15,18). The largest absolute Gasteiger partial charge is 0.478 e. The van der Waals surface area contributed by atoms with Crippen molar-refractivity contribution >= 4 is 28.3 Å². The molecule has 2 amide bonds. The maximum absolute atomic E-state index is 11.8. The number of hydrogen-bond donors (Lipinski definition) is 3. The molecule has 6 heteroatoms. The van der Waals surface area contributed by atoms with Gasteiger partial charge in [0.25, 0.3) is 0 Å². The quantitative estimate of drug-likeness (QED) is 0.797. The molecule has 1 aromatic heterocycles. The monoisotopic (exact) mass is 282 g/mol. The van der Waals surface area contributed by atoms with Crippen molar-refractivity contribution < 1.29 is 14.7 Å². The Morgan fingerprint density at radius 2 is 2.00 bits per heavy atom. The fourth-order valence-corrected chi connectivity index (χ4v) is 3.08. The van der Waals surface area contributed by atoms with E-state index in [-0.39, 0.29) is 17.6 Å². The highest BCUT2D eigenvalue weighted by Gasteiger charge is 2.20. The van der Waals surface area contributed by atoms with Gasteiger partial charge in [0.05, 0.1) is 5.56 Å². The summed E-state index contributed by atoms with van der Waals surface area (Å²) in [7, 11) is 0. The van der Waals surface area contributed by atoms with Crippen LogP contribution in [0.3, 0.4) is 0 Å². The minimum absolute atomic E-state index is 0.136. The summed E-state index contributed by atoms with van der Waals surface area (Å²) in [5.41, 5.74) is 0.136. The van der Waals surface area contributed by atoms with Crippen molar-refractivity contribution in [1.82, 2.24) is 5.32 Å². The fraction of sp³-hybridized carbons (Fsp3) is 0.538. The summed E-state index contributed by atoms with van der Waals surface area (Å²) < 4.78 is 0. The van der Waals surface area contributed by atoms with Crippen LogP contribution in [0.2, 0.25) is 0 Å². The maximum atomic E-state index is 11.8. The molecule has 0 atom stereocenters. The van der Waals surface area contributed by atoms with Crippen LogP contribution in [0.15, 0.2) is 11.4 Å². The van der Waals surface area contributed by atoms with Crippen molar-refractivity contribution in [3.05, 3.63) is 17.0 Å². The fourth-order valence-electron chi connectivity index (χ4n) is 2.30. The van der Waals surface area contributed by atoms with E-state index in [2.05, 4.69) is 17.6 Å². The highest BCUT2D eigenvalue weighted by Crippen LogP contribution is 2.25. The van der Waals surface area contributed by atoms with Crippen LogP contribution in [-0.4, -0.2) is 23.1 Å². The predicted octanol–water partition coefficient (Wildman–Crippen LogP) is 3.15. The molecular weight excluding hydrogens is 264 g/mol. The van der Waals surface area contributed by atoms with Crippen LogP contribution in [0, 0.1) is 5.92 Å². The second-order valence-corrected chi connectivity index (χ2v) is 5.94. The molecule has 19 heavy (non-hydrogen) atoms. The third kappa shape index (κ3) is 3.70. The van der Waals surface area contributed by atoms with Gasteiger partial charge in [-0.15, -0.1) is 11.3 Å². The Morgan fingerprint density at radius 1 is 1.32 bits per heavy atom. The van der Waals surface area contributed by atoms with E-state index in [9.17, 15) is 9.59 Å². The van der Waals surface area contributed by atoms with E-state index in [1.54, 1.807) is 5.38 Å². The van der Waals surface area contributed by atoms with Crippen LogP contribution >= 0.6 is 11.3 Å². The van der Waals surface area contributed by atoms with Crippen molar-refractivity contribution in [2.75, 3.05) is 5.32 Å². The van der Waals surface area contributed by atoms with E-state index in [1.165, 1.54) is 17.4 Å². The van der Waals surface area contributed by atoms with Crippen molar-refractivity contribution in [3.8, 4) is 0 Å². The van der Waals surface area contributed by atoms with E-state index in [0.717, 1.165) is 31.6 Å². The molecule has 0 saturated heterocycles. The lowest BCUT2D eigenvalue weighted by molar-refractivity contribution is 0.0698. The summed E-state index contributed by atoms with van der Waals surface area (Å²) in [5, 5.41) is 16.5. The number of carbonyl (C=O) groups excluding carboxylic acids is 1. The van der Waals surface area contributed by atoms with Crippen molar-refractivity contribution in [2.45, 2.75) is 38.6 Å². The van der Waals surface area contributed by atoms with E-state index in [1.807, 2.05) is 0 Å². The van der Waals surface area contributed by atoms with E-state index in [4.69, 9.17) is 5.11 Å². The second kappa shape index (κ2) is 6.06. The number of carboxylic acids is 1. The molecule has 104 valence electrons. The molecule has 1 fully saturated rings. The molecule has 0 radical (unpaired) electrons. The van der Waals surface area contributed by atoms with E-state index in [0.29, 0.717) is 5.00 Å². The first-order valence-electron chi connectivity index (χ1n) is 6.44. The Morgan fingerprint density at radius 3 is 2.63 bits per heavy atom. The molecule has 3 N–H and O–H groups in total. The Balaban J connectivity index is 1.87. The van der Waals surface area contributed by atoms with Crippen molar-refractivity contribution in [1.29, 1.82) is 0 Å². The summed E-state index contributed by atoms with van der Waals surface area (Å²) in [5.74, 6) is -0.292. The van der Waals surface area contributed by atoms with Gasteiger partial charge in [-0.1, -0.05) is 6.92 Å². The van der Waals surface area contributed by atoms with Gasteiger partial charge in [-0.3, -0.25) is 5.32 Å². The number of anilines is 1. The van der Waals surface area contributed by atoms with Crippen LogP contribution in [0.4, 0.5) is 9.80 Å². The number of hydrogen-bond acceptors (Lipinski definition) is 3. The third-order valence-electron chi connectivity index (χ3n) is 3.47. The number of rotatable bonds is 3. The number of carboxylic acid groups (broad SMARTS) is 1. The molecule has 0 spiro atoms. The molecule has 0 bridgehead atoms. The molecule has 1 aliphatic carbocycles. The molecule has 2 rings (SSSR count). The average molecular weight is 282 g/mol. The van der Waals surface area contributed by atoms with Gasteiger partial charge in [-0.05, 0) is 43.0 Å². The first-order valence-corrected chi connectivity index (χ1v) is 7.32. The average Bonchev–Trinajstić information content (AvgIpc) is 2.80. The Kier molecular flexibility index (Phi) is 4.42. The molecule has 0 aliphatic heterocycles. The lowest BCUT2D eigenvalue weighted by Gasteiger charge is -2.26. The van der Waals surface area contributed by atoms with Gasteiger partial charge in [0.15, 0.2) is 0 Å². The predicted molar refractivity (Wildman–Crippen MR) is 74.9 cm³/mol. The molecule has 5 nitrogen and oxygen atoms in total. The molecule has 0 aromatic carbocycles. The number of carbonyl (C=O) groups is 2. The van der Waals surface area contributed by atoms with Gasteiger partial charge in [-0.25, -0.2) is 9.59 Å². The van der Waals surface area contributed by atoms with Gasteiger partial charge in [0.2, 0.25) is 0 Å². The first-order chi connectivity index (χ1) is 9.06. The SMILES string of the molecule is CC1CCC(NC(=O)Nc2sccc2C(=O)O)CC1. The number of aromatic carboxylic acids is 1. The van der Waals surface area contributed by atoms with Crippen LogP contribution in [0.25, 0.3) is 0 Å². The van der Waals surface area contributed by atoms with E-state index < -0.39 is 5.97 Å². The van der Waals surface area contributed by atoms with E-state index >= 15 is 0 Å². The number of urea groups is 1. The van der Waals surface area contributed by atoms with Gasteiger partial charge in [0.1, 0.15) is 5.00 Å². The van der Waals surface area contributed by atoms with Crippen LogP contribution in [0.1, 0.15) is 43.0 Å². The summed E-state index contributed by atoms with van der Waals surface area (Å²) in [6, 6.07) is 1.37. The number of nitrogens with one attached hydrogen (secondary N) is 2. The van der Waals surface area contributed by atoms with Crippen molar-refractivity contribution in [2.24, 2.45) is 5.92 Å². The molecule has 1 aliphatic rings. The Hall–Kier alpha value is -1.56. The zero-order valence-corrected chi connectivity index (χ0v) is 11.6. The second-order valence-electron chi connectivity index (χ2n) is 5.02. The van der Waals surface area contributed by atoms with Gasteiger partial charge in [0, 0.05) is 6.04 Å². The lowest BCUT2D eigenvalue weighted by atomic mass is 9.87. The minimum atomic E-state index is -1.02. The molecule has 1 aromatic rings. The van der Waals surface area contributed by atoms with Crippen LogP contribution < -0.4 is 10.6 Å². The van der Waals surface area contributed by atoms with Gasteiger partial charge >= 0.3 is 12.0 Å². The highest BCUT2D eigenvalue weighted by atomic mass is 32.1. The van der Waals surface area contributed by atoms with Crippen LogP contribution in [0.5, 0.6) is 0 Å². The molecule has 0 unspecified atom stereocenters. The number of amides is 2. The third-order valence-corrected chi connectivity index (χ3v) is 4.30. The van der Waals surface area contributed by atoms with Gasteiger partial charge in [-0.2, -0.15) is 0 Å². The molecular formula is C13H18N2O3S. The summed E-state index contributed by atoms with van der Waals surface area (Å²) in [6.45, 7) is 2.22. The maximum Gasteiger partial charge on any atom is 0.338 e. The number of thiophene rings is 1. The Bertz CT molecular complexity index is 464.